The molecule has 0 spiro atoms. The van der Waals surface area contributed by atoms with Crippen LogP contribution in [0.5, 0.6) is 0 Å². The molecule has 5 rings (SSSR count). The molecular weight excluding hydrogens is 272 g/mol. The molecule has 0 aromatic rings. The van der Waals surface area contributed by atoms with E-state index in [0.29, 0.717) is 0 Å². The summed E-state index contributed by atoms with van der Waals surface area (Å²) >= 11 is 1.45. The topological polar surface area (TPSA) is 58.5 Å². The summed E-state index contributed by atoms with van der Waals surface area (Å²) in [6.45, 7) is 0. The van der Waals surface area contributed by atoms with Crippen LogP contribution >= 0.6 is 11.8 Å². The van der Waals surface area contributed by atoms with Gasteiger partial charge in [-0.15, -0.1) is 0 Å². The van der Waals surface area contributed by atoms with Crippen LogP contribution in [-0.2, 0) is 9.59 Å². The Labute approximate surface area is 123 Å². The summed E-state index contributed by atoms with van der Waals surface area (Å²) in [5, 5.41) is 3.38. The van der Waals surface area contributed by atoms with E-state index in [4.69, 9.17) is 4.99 Å². The number of amides is 1. The summed E-state index contributed by atoms with van der Waals surface area (Å²) in [5.41, 5.74) is 0.0977. The Morgan fingerprint density at radius 1 is 1.20 bits per heavy atom. The third-order valence-electron chi connectivity index (χ3n) is 5.43. The molecule has 1 N–H and O–H groups in total. The molecular formula is C15H20N2O2S. The summed E-state index contributed by atoms with van der Waals surface area (Å²) < 4.78 is 0. The van der Waals surface area contributed by atoms with E-state index in [1.165, 1.54) is 50.3 Å². The predicted molar refractivity (Wildman–Crippen MR) is 78.5 cm³/mol. The van der Waals surface area contributed by atoms with Gasteiger partial charge in [0, 0.05) is 6.42 Å². The molecule has 0 aromatic carbocycles. The van der Waals surface area contributed by atoms with Gasteiger partial charge >= 0.3 is 0 Å². The van der Waals surface area contributed by atoms with Crippen molar-refractivity contribution in [2.45, 2.75) is 55.7 Å². The highest BCUT2D eigenvalue weighted by molar-refractivity contribution is 8.15. The molecule has 20 heavy (non-hydrogen) atoms. The third kappa shape index (κ3) is 2.10. The van der Waals surface area contributed by atoms with E-state index in [1.807, 2.05) is 0 Å². The van der Waals surface area contributed by atoms with E-state index in [1.54, 1.807) is 0 Å². The summed E-state index contributed by atoms with van der Waals surface area (Å²) in [7, 11) is 0. The van der Waals surface area contributed by atoms with E-state index < -0.39 is 0 Å². The van der Waals surface area contributed by atoms with Gasteiger partial charge in [0.2, 0.25) is 5.91 Å². The molecule has 0 aromatic heterocycles. The lowest BCUT2D eigenvalue weighted by Gasteiger charge is -2.55. The number of nitrogens with zero attached hydrogens (tertiary/aromatic N) is 1. The van der Waals surface area contributed by atoms with Crippen LogP contribution in [0.15, 0.2) is 4.99 Å². The zero-order chi connectivity index (χ0) is 13.7. The molecule has 5 fully saturated rings. The maximum absolute atomic E-state index is 11.8. The Bertz CT molecular complexity index is 453. The summed E-state index contributed by atoms with van der Waals surface area (Å²) in [4.78, 5) is 27.4. The Morgan fingerprint density at radius 3 is 2.35 bits per heavy atom. The highest BCUT2D eigenvalue weighted by Crippen LogP contribution is 2.57. The molecule has 4 nitrogen and oxygen atoms in total. The van der Waals surface area contributed by atoms with Gasteiger partial charge in [0.1, 0.15) is 6.29 Å². The number of thioether (sulfide) groups is 1. The number of carbonyl (C=O) groups excluding carboxylic acids is 2. The Hall–Kier alpha value is -0.840. The van der Waals surface area contributed by atoms with Gasteiger partial charge < -0.3 is 10.1 Å². The number of amidine groups is 1. The summed E-state index contributed by atoms with van der Waals surface area (Å²) in [5.74, 6) is 2.53. The first-order valence-corrected chi connectivity index (χ1v) is 8.55. The lowest BCUT2D eigenvalue weighted by Crippen LogP contribution is -2.50. The van der Waals surface area contributed by atoms with Crippen LogP contribution in [0, 0.1) is 17.8 Å². The van der Waals surface area contributed by atoms with Crippen LogP contribution in [-0.4, -0.2) is 28.1 Å². The van der Waals surface area contributed by atoms with Gasteiger partial charge in [0.15, 0.2) is 5.17 Å². The van der Waals surface area contributed by atoms with Gasteiger partial charge in [-0.2, -0.15) is 0 Å². The maximum Gasteiger partial charge on any atom is 0.239 e. The van der Waals surface area contributed by atoms with Crippen LogP contribution in [0.4, 0.5) is 0 Å². The number of aliphatic imine (C=N–C) groups is 1. The van der Waals surface area contributed by atoms with Gasteiger partial charge in [0.05, 0.1) is 10.8 Å². The molecule has 5 heteroatoms. The monoisotopic (exact) mass is 292 g/mol. The van der Waals surface area contributed by atoms with Gasteiger partial charge in [-0.1, -0.05) is 11.8 Å². The molecule has 4 bridgehead atoms. The number of aldehydes is 1. The van der Waals surface area contributed by atoms with E-state index >= 15 is 0 Å². The lowest BCUT2D eigenvalue weighted by atomic mass is 9.53. The van der Waals surface area contributed by atoms with Crippen LogP contribution in [0.25, 0.3) is 0 Å². The van der Waals surface area contributed by atoms with Crippen LogP contribution in [0.2, 0.25) is 0 Å². The first-order valence-electron chi connectivity index (χ1n) is 7.67. The SMILES string of the molecule is O=CCC1SC(=NC23CC4CC(CC(C4)C2)C3)NC1=O. The summed E-state index contributed by atoms with van der Waals surface area (Å²) in [6.07, 6.45) is 8.93. The van der Waals surface area contributed by atoms with Gasteiger partial charge in [-0.3, -0.25) is 9.79 Å². The molecule has 0 radical (unpaired) electrons. The molecule has 1 atom stereocenters. The second-order valence-electron chi connectivity index (χ2n) is 7.06. The second kappa shape index (κ2) is 4.58. The zero-order valence-electron chi connectivity index (χ0n) is 11.5. The summed E-state index contributed by atoms with van der Waals surface area (Å²) in [6, 6.07) is 0. The Balaban J connectivity index is 1.55. The largest absolute Gasteiger partial charge is 0.304 e. The minimum atomic E-state index is -0.264. The molecule has 1 amide bonds. The van der Waals surface area contributed by atoms with E-state index in [9.17, 15) is 9.59 Å². The zero-order valence-corrected chi connectivity index (χ0v) is 12.3. The number of hydrogen-bond donors (Lipinski definition) is 1. The highest BCUT2D eigenvalue weighted by Gasteiger charge is 2.51. The van der Waals surface area contributed by atoms with E-state index in [-0.39, 0.29) is 23.1 Å². The van der Waals surface area contributed by atoms with Gasteiger partial charge in [-0.25, -0.2) is 0 Å². The first kappa shape index (κ1) is 12.9. The van der Waals surface area contributed by atoms with Crippen molar-refractivity contribution in [1.82, 2.24) is 5.32 Å². The Morgan fingerprint density at radius 2 is 1.80 bits per heavy atom. The average Bonchev–Trinajstić information content (AvgIpc) is 2.67. The number of hydrogen-bond acceptors (Lipinski definition) is 4. The molecule has 1 unspecified atom stereocenters. The standard InChI is InChI=1S/C15H20N2O2S/c18-2-1-12-13(19)16-14(20-12)17-15-6-9-3-10(7-15)5-11(4-9)8-15/h2,9-12H,1,3-8H2,(H,16,17,19). The van der Waals surface area contributed by atoms with Crippen molar-refractivity contribution in [2.24, 2.45) is 22.7 Å². The highest BCUT2D eigenvalue weighted by atomic mass is 32.2. The van der Waals surface area contributed by atoms with Crippen LogP contribution < -0.4 is 5.32 Å². The van der Waals surface area contributed by atoms with Crippen LogP contribution in [0.1, 0.15) is 44.9 Å². The second-order valence-corrected chi connectivity index (χ2v) is 8.25. The minimum absolute atomic E-state index is 0.0504. The number of nitrogens with one attached hydrogen (secondary N) is 1. The quantitative estimate of drug-likeness (QED) is 0.811. The first-order chi connectivity index (χ1) is 9.66. The molecule has 5 aliphatic rings. The minimum Gasteiger partial charge on any atom is -0.304 e. The van der Waals surface area contributed by atoms with Gasteiger partial charge in [-0.05, 0) is 56.3 Å². The van der Waals surface area contributed by atoms with Crippen molar-refractivity contribution in [3.8, 4) is 0 Å². The molecule has 4 aliphatic carbocycles. The maximum atomic E-state index is 11.8. The predicted octanol–water partition coefficient (Wildman–Crippen LogP) is 2.13. The smallest absolute Gasteiger partial charge is 0.239 e. The molecule has 1 aliphatic heterocycles. The van der Waals surface area contributed by atoms with Crippen molar-refractivity contribution in [3.05, 3.63) is 0 Å². The molecule has 1 saturated heterocycles. The van der Waals surface area contributed by atoms with E-state index in [2.05, 4.69) is 5.32 Å². The fourth-order valence-electron chi connectivity index (χ4n) is 5.12. The molecule has 1 heterocycles. The number of rotatable bonds is 3. The van der Waals surface area contributed by atoms with Crippen LogP contribution in [0.3, 0.4) is 0 Å². The van der Waals surface area contributed by atoms with E-state index in [0.717, 1.165) is 29.2 Å². The van der Waals surface area contributed by atoms with Crippen molar-refractivity contribution < 1.29 is 9.59 Å². The fourth-order valence-corrected chi connectivity index (χ4v) is 6.13. The van der Waals surface area contributed by atoms with Crippen molar-refractivity contribution in [1.29, 1.82) is 0 Å². The fraction of sp³-hybridized carbons (Fsp3) is 0.800. The van der Waals surface area contributed by atoms with Crippen molar-refractivity contribution in [3.63, 3.8) is 0 Å². The van der Waals surface area contributed by atoms with Crippen molar-refractivity contribution >= 4 is 29.1 Å². The lowest BCUT2D eigenvalue weighted by molar-refractivity contribution is -0.120. The Kier molecular flexibility index (Phi) is 2.95. The molecule has 4 saturated carbocycles. The molecule has 108 valence electrons. The normalized spacial score (nSPS) is 47.8. The van der Waals surface area contributed by atoms with Crippen molar-refractivity contribution in [2.75, 3.05) is 0 Å². The average molecular weight is 292 g/mol. The number of carbonyl (C=O) groups is 2. The third-order valence-corrected chi connectivity index (χ3v) is 6.54. The van der Waals surface area contributed by atoms with Gasteiger partial charge in [0.25, 0.3) is 0 Å².